The summed E-state index contributed by atoms with van der Waals surface area (Å²) in [4.78, 5) is 0. The molecular formula is C22H18. The highest BCUT2D eigenvalue weighted by atomic mass is 14.2. The van der Waals surface area contributed by atoms with Crippen molar-refractivity contribution in [2.45, 2.75) is 26.7 Å². The van der Waals surface area contributed by atoms with Gasteiger partial charge in [0.25, 0.3) is 0 Å². The lowest BCUT2D eigenvalue weighted by Crippen LogP contribution is -1.89. The van der Waals surface area contributed by atoms with Crippen LogP contribution in [0.5, 0.6) is 0 Å². The molecule has 0 radical (unpaired) electrons. The maximum absolute atomic E-state index is 2.43. The van der Waals surface area contributed by atoms with Crippen molar-refractivity contribution in [1.82, 2.24) is 0 Å². The smallest absolute Gasteiger partial charge is 0.00961 e. The Bertz CT molecular complexity index is 1080. The monoisotopic (exact) mass is 282 g/mol. The van der Waals surface area contributed by atoms with Gasteiger partial charge in [0.2, 0.25) is 0 Å². The van der Waals surface area contributed by atoms with Gasteiger partial charge in [0.1, 0.15) is 0 Å². The van der Waals surface area contributed by atoms with Crippen molar-refractivity contribution in [2.24, 2.45) is 0 Å². The third kappa shape index (κ3) is 1.42. The second-order valence-corrected chi connectivity index (χ2v) is 6.65. The standard InChI is InChI=1S/C22H18/c1-13-11-14(2)20-12-21-17-6-4-3-5-15(17)7-8-18(21)19-10-9-16(13)22(19)20/h3-8,11-12H,9-10H2,1-2H3. The van der Waals surface area contributed by atoms with E-state index >= 15 is 0 Å². The van der Waals surface area contributed by atoms with Gasteiger partial charge in [-0.05, 0) is 87.3 Å². The number of rotatable bonds is 0. The molecule has 0 unspecified atom stereocenters. The van der Waals surface area contributed by atoms with Crippen LogP contribution in [0.4, 0.5) is 0 Å². The summed E-state index contributed by atoms with van der Waals surface area (Å²) in [5.74, 6) is 0. The fourth-order valence-electron chi connectivity index (χ4n) is 4.40. The largest absolute Gasteiger partial charge is 0.0616 e. The highest BCUT2D eigenvalue weighted by Gasteiger charge is 2.20. The molecule has 0 atom stereocenters. The molecule has 106 valence electrons. The van der Waals surface area contributed by atoms with E-state index in [0.29, 0.717) is 0 Å². The number of fused-ring (bicyclic) bond motifs is 4. The SMILES string of the molecule is Cc1cc(C)c2cc3c(ccc4ccccc43)c3c2c1CC3. The van der Waals surface area contributed by atoms with Crippen LogP contribution in [-0.4, -0.2) is 0 Å². The number of hydrogen-bond acceptors (Lipinski definition) is 0. The van der Waals surface area contributed by atoms with E-state index in [9.17, 15) is 0 Å². The predicted molar refractivity (Wildman–Crippen MR) is 95.8 cm³/mol. The van der Waals surface area contributed by atoms with Crippen LogP contribution < -0.4 is 0 Å². The Balaban J connectivity index is 2.10. The van der Waals surface area contributed by atoms with Crippen molar-refractivity contribution >= 4 is 32.3 Å². The molecule has 0 aliphatic heterocycles. The summed E-state index contributed by atoms with van der Waals surface area (Å²) in [6.45, 7) is 4.52. The molecule has 4 aromatic carbocycles. The first-order valence-electron chi connectivity index (χ1n) is 8.10. The van der Waals surface area contributed by atoms with Crippen LogP contribution in [0.25, 0.3) is 32.3 Å². The molecule has 0 amide bonds. The van der Waals surface area contributed by atoms with E-state index in [1.54, 1.807) is 16.5 Å². The normalized spacial score (nSPS) is 13.5. The van der Waals surface area contributed by atoms with Gasteiger partial charge in [0.15, 0.2) is 0 Å². The highest BCUT2D eigenvalue weighted by molar-refractivity contribution is 6.15. The third-order valence-corrected chi connectivity index (χ3v) is 5.42. The van der Waals surface area contributed by atoms with Crippen LogP contribution in [-0.2, 0) is 12.8 Å². The van der Waals surface area contributed by atoms with Crippen molar-refractivity contribution in [3.8, 4) is 0 Å². The van der Waals surface area contributed by atoms with Crippen molar-refractivity contribution in [3.63, 3.8) is 0 Å². The zero-order valence-corrected chi connectivity index (χ0v) is 13.0. The fourth-order valence-corrected chi connectivity index (χ4v) is 4.40. The van der Waals surface area contributed by atoms with Crippen molar-refractivity contribution < 1.29 is 0 Å². The van der Waals surface area contributed by atoms with Gasteiger partial charge >= 0.3 is 0 Å². The Morgan fingerprint density at radius 3 is 2.36 bits per heavy atom. The van der Waals surface area contributed by atoms with Crippen LogP contribution in [0.3, 0.4) is 0 Å². The topological polar surface area (TPSA) is 0 Å². The van der Waals surface area contributed by atoms with Gasteiger partial charge in [-0.2, -0.15) is 0 Å². The van der Waals surface area contributed by atoms with Crippen LogP contribution in [0.2, 0.25) is 0 Å². The summed E-state index contributed by atoms with van der Waals surface area (Å²) in [7, 11) is 0. The lowest BCUT2D eigenvalue weighted by molar-refractivity contribution is 1.02. The Hall–Kier alpha value is -2.34. The third-order valence-electron chi connectivity index (χ3n) is 5.42. The van der Waals surface area contributed by atoms with Crippen LogP contribution >= 0.6 is 0 Å². The van der Waals surface area contributed by atoms with Gasteiger partial charge in [0, 0.05) is 0 Å². The molecule has 0 bridgehead atoms. The van der Waals surface area contributed by atoms with Crippen molar-refractivity contribution in [1.29, 1.82) is 0 Å². The average molecular weight is 282 g/mol. The summed E-state index contributed by atoms with van der Waals surface area (Å²) >= 11 is 0. The molecule has 0 heterocycles. The summed E-state index contributed by atoms with van der Waals surface area (Å²) in [5, 5.41) is 8.59. The molecule has 0 saturated heterocycles. The van der Waals surface area contributed by atoms with E-state index in [-0.39, 0.29) is 0 Å². The van der Waals surface area contributed by atoms with E-state index in [4.69, 9.17) is 0 Å². The van der Waals surface area contributed by atoms with Gasteiger partial charge in [-0.15, -0.1) is 0 Å². The minimum absolute atomic E-state index is 1.19. The molecule has 0 fully saturated rings. The minimum Gasteiger partial charge on any atom is -0.0616 e. The molecule has 1 aliphatic rings. The highest BCUT2D eigenvalue weighted by Crippen LogP contribution is 2.41. The summed E-state index contributed by atoms with van der Waals surface area (Å²) < 4.78 is 0. The number of benzene rings is 4. The second kappa shape index (κ2) is 4.10. The fraction of sp³-hybridized carbons (Fsp3) is 0.182. The first kappa shape index (κ1) is 12.2. The maximum atomic E-state index is 2.43. The summed E-state index contributed by atoms with van der Waals surface area (Å²) in [6, 6.07) is 18.2. The van der Waals surface area contributed by atoms with E-state index in [2.05, 4.69) is 62.4 Å². The van der Waals surface area contributed by atoms with Gasteiger partial charge < -0.3 is 0 Å². The molecular weight excluding hydrogens is 264 g/mol. The van der Waals surface area contributed by atoms with Gasteiger partial charge in [-0.3, -0.25) is 0 Å². The van der Waals surface area contributed by atoms with E-state index < -0.39 is 0 Å². The van der Waals surface area contributed by atoms with Gasteiger partial charge in [-0.1, -0.05) is 42.5 Å². The zero-order chi connectivity index (χ0) is 14.8. The molecule has 0 spiro atoms. The lowest BCUT2D eigenvalue weighted by atomic mass is 9.91. The van der Waals surface area contributed by atoms with Crippen molar-refractivity contribution in [2.75, 3.05) is 0 Å². The lowest BCUT2D eigenvalue weighted by Gasteiger charge is -2.13. The molecule has 0 nitrogen and oxygen atoms in total. The quantitative estimate of drug-likeness (QED) is 0.280. The van der Waals surface area contributed by atoms with Gasteiger partial charge in [0.05, 0.1) is 0 Å². The maximum Gasteiger partial charge on any atom is -0.00961 e. The molecule has 0 aromatic heterocycles. The van der Waals surface area contributed by atoms with Crippen LogP contribution in [0, 0.1) is 13.8 Å². The van der Waals surface area contributed by atoms with Crippen molar-refractivity contribution in [3.05, 3.63) is 70.8 Å². The molecule has 22 heavy (non-hydrogen) atoms. The van der Waals surface area contributed by atoms with Crippen LogP contribution in [0.15, 0.2) is 48.5 Å². The first-order chi connectivity index (χ1) is 10.7. The Labute approximate surface area is 130 Å². The second-order valence-electron chi connectivity index (χ2n) is 6.65. The molecule has 4 aromatic rings. The molecule has 1 aliphatic carbocycles. The summed E-state index contributed by atoms with van der Waals surface area (Å²) in [6.07, 6.45) is 2.38. The molecule has 0 N–H and O–H groups in total. The number of aryl methyl sites for hydroxylation is 4. The first-order valence-corrected chi connectivity index (χ1v) is 8.10. The Kier molecular flexibility index (Phi) is 2.28. The van der Waals surface area contributed by atoms with Crippen LogP contribution in [0.1, 0.15) is 22.3 Å². The Morgan fingerprint density at radius 1 is 0.636 bits per heavy atom. The molecule has 0 saturated carbocycles. The van der Waals surface area contributed by atoms with E-state index in [1.165, 1.54) is 50.9 Å². The number of hydrogen-bond donors (Lipinski definition) is 0. The molecule has 5 rings (SSSR count). The summed E-state index contributed by atoms with van der Waals surface area (Å²) in [5.41, 5.74) is 6.02. The average Bonchev–Trinajstić information content (AvgIpc) is 2.98. The minimum atomic E-state index is 1.19. The van der Waals surface area contributed by atoms with E-state index in [1.807, 2.05) is 0 Å². The Morgan fingerprint density at radius 2 is 1.45 bits per heavy atom. The van der Waals surface area contributed by atoms with Gasteiger partial charge in [-0.25, -0.2) is 0 Å². The molecule has 0 heteroatoms. The predicted octanol–water partition coefficient (Wildman–Crippen LogP) is 5.86. The van der Waals surface area contributed by atoms with E-state index in [0.717, 1.165) is 0 Å². The zero-order valence-electron chi connectivity index (χ0n) is 13.0.